The second-order valence-corrected chi connectivity index (χ2v) is 4.85. The summed E-state index contributed by atoms with van der Waals surface area (Å²) >= 11 is 3.26. The first kappa shape index (κ1) is 15.4. The summed E-state index contributed by atoms with van der Waals surface area (Å²) in [6, 6.07) is 4.83. The molecule has 1 aromatic rings. The monoisotopic (exact) mass is 327 g/mol. The molecule has 19 heavy (non-hydrogen) atoms. The topological polar surface area (TPSA) is 74.7 Å². The van der Waals surface area contributed by atoms with E-state index >= 15 is 0 Å². The van der Waals surface area contributed by atoms with Crippen LogP contribution < -0.4 is 4.90 Å². The summed E-state index contributed by atoms with van der Waals surface area (Å²) in [7, 11) is 0. The van der Waals surface area contributed by atoms with Gasteiger partial charge in [-0.15, -0.1) is 0 Å². The van der Waals surface area contributed by atoms with Gasteiger partial charge in [-0.2, -0.15) is 0 Å². The van der Waals surface area contributed by atoms with Crippen LogP contribution in [0.2, 0.25) is 0 Å². The average molecular weight is 328 g/mol. The van der Waals surface area contributed by atoms with Gasteiger partial charge in [-0.05, 0) is 18.2 Å². The van der Waals surface area contributed by atoms with Crippen molar-refractivity contribution in [3.63, 3.8) is 0 Å². The lowest BCUT2D eigenvalue weighted by Crippen LogP contribution is -2.35. The Hall–Kier alpha value is -1.69. The second-order valence-electron chi connectivity index (χ2n) is 3.94. The number of carboxylic acids is 1. The maximum Gasteiger partial charge on any atom is 0.323 e. The molecule has 6 heteroatoms. The number of ketones is 1. The number of anilines is 1. The summed E-state index contributed by atoms with van der Waals surface area (Å²) in [5.41, 5.74) is 0.665. The van der Waals surface area contributed by atoms with Crippen molar-refractivity contribution >= 4 is 39.3 Å². The maximum absolute atomic E-state index is 11.9. The van der Waals surface area contributed by atoms with Gasteiger partial charge >= 0.3 is 5.97 Å². The number of carbonyl (C=O) groups is 3. The maximum atomic E-state index is 11.9. The van der Waals surface area contributed by atoms with Gasteiger partial charge < -0.3 is 10.0 Å². The van der Waals surface area contributed by atoms with Crippen LogP contribution in [0, 0.1) is 0 Å². The molecule has 0 fully saturated rings. The summed E-state index contributed by atoms with van der Waals surface area (Å²) in [6.45, 7) is 2.51. The predicted molar refractivity (Wildman–Crippen MR) is 74.4 cm³/mol. The zero-order valence-electron chi connectivity index (χ0n) is 10.6. The van der Waals surface area contributed by atoms with Crippen molar-refractivity contribution in [2.24, 2.45) is 0 Å². The van der Waals surface area contributed by atoms with Crippen molar-refractivity contribution in [3.05, 3.63) is 28.2 Å². The number of carbonyl (C=O) groups excluding carboxylic acids is 2. The number of carboxylic acid groups (broad SMARTS) is 1. The highest BCUT2D eigenvalue weighted by atomic mass is 79.9. The summed E-state index contributed by atoms with van der Waals surface area (Å²) in [5.74, 6) is -1.70. The molecule has 0 spiro atoms. The molecular formula is C13H14BrNO4. The van der Waals surface area contributed by atoms with Gasteiger partial charge in [-0.25, -0.2) is 0 Å². The van der Waals surface area contributed by atoms with E-state index in [1.807, 2.05) is 0 Å². The number of halogens is 1. The van der Waals surface area contributed by atoms with Gasteiger partial charge in [0.25, 0.3) is 0 Å². The van der Waals surface area contributed by atoms with Crippen molar-refractivity contribution in [3.8, 4) is 0 Å². The summed E-state index contributed by atoms with van der Waals surface area (Å²) in [5, 5.41) is 8.85. The molecule has 0 aliphatic carbocycles. The Morgan fingerprint density at radius 2 is 1.95 bits per heavy atom. The molecule has 102 valence electrons. The van der Waals surface area contributed by atoms with E-state index in [9.17, 15) is 14.4 Å². The van der Waals surface area contributed by atoms with E-state index in [0.717, 1.165) is 4.90 Å². The standard InChI is InChI=1S/C13H14BrNO4/c1-3-12(17)10-6-9(14)4-5-11(10)15(8(2)16)7-13(18)19/h4-6H,3,7H2,1-2H3,(H,18,19). The molecule has 0 heterocycles. The molecule has 1 amide bonds. The third kappa shape index (κ3) is 3.89. The van der Waals surface area contributed by atoms with Gasteiger partial charge in [0.05, 0.1) is 5.69 Å². The zero-order valence-corrected chi connectivity index (χ0v) is 12.2. The minimum atomic E-state index is -1.13. The Kier molecular flexibility index (Phi) is 5.23. The third-order valence-electron chi connectivity index (χ3n) is 2.54. The molecule has 0 atom stereocenters. The first-order valence-corrected chi connectivity index (χ1v) is 6.48. The Labute approximate surface area is 119 Å². The molecule has 0 radical (unpaired) electrons. The Morgan fingerprint density at radius 1 is 1.32 bits per heavy atom. The fourth-order valence-electron chi connectivity index (χ4n) is 1.66. The Morgan fingerprint density at radius 3 is 2.42 bits per heavy atom. The van der Waals surface area contributed by atoms with E-state index in [2.05, 4.69) is 15.9 Å². The van der Waals surface area contributed by atoms with Crippen LogP contribution in [0.25, 0.3) is 0 Å². The highest BCUT2D eigenvalue weighted by Gasteiger charge is 2.21. The molecule has 1 rings (SSSR count). The van der Waals surface area contributed by atoms with E-state index in [1.165, 1.54) is 6.92 Å². The fourth-order valence-corrected chi connectivity index (χ4v) is 2.02. The van der Waals surface area contributed by atoms with Crippen molar-refractivity contribution in [2.45, 2.75) is 20.3 Å². The van der Waals surface area contributed by atoms with E-state index in [0.29, 0.717) is 15.7 Å². The quantitative estimate of drug-likeness (QED) is 0.843. The van der Waals surface area contributed by atoms with Crippen LogP contribution in [0.1, 0.15) is 30.6 Å². The summed E-state index contributed by atoms with van der Waals surface area (Å²) < 4.78 is 0.701. The molecule has 0 saturated heterocycles. The largest absolute Gasteiger partial charge is 0.480 e. The second kappa shape index (κ2) is 6.47. The van der Waals surface area contributed by atoms with Crippen LogP contribution in [-0.4, -0.2) is 29.3 Å². The van der Waals surface area contributed by atoms with E-state index < -0.39 is 18.4 Å². The van der Waals surface area contributed by atoms with Crippen LogP contribution in [0.5, 0.6) is 0 Å². The number of rotatable bonds is 5. The number of amides is 1. The highest BCUT2D eigenvalue weighted by Crippen LogP contribution is 2.26. The SMILES string of the molecule is CCC(=O)c1cc(Br)ccc1N(CC(=O)O)C(C)=O. The van der Waals surface area contributed by atoms with E-state index in [4.69, 9.17) is 5.11 Å². The first-order valence-electron chi connectivity index (χ1n) is 5.69. The van der Waals surface area contributed by atoms with Crippen molar-refractivity contribution in [1.82, 2.24) is 0 Å². The fraction of sp³-hybridized carbons (Fsp3) is 0.308. The number of hydrogen-bond acceptors (Lipinski definition) is 3. The Balaban J connectivity index is 3.33. The molecule has 5 nitrogen and oxygen atoms in total. The van der Waals surface area contributed by atoms with Crippen molar-refractivity contribution in [1.29, 1.82) is 0 Å². The zero-order chi connectivity index (χ0) is 14.6. The smallest absolute Gasteiger partial charge is 0.323 e. The minimum absolute atomic E-state index is 0.145. The third-order valence-corrected chi connectivity index (χ3v) is 3.04. The van der Waals surface area contributed by atoms with Gasteiger partial charge in [0, 0.05) is 23.4 Å². The first-order chi connectivity index (χ1) is 8.86. The molecule has 0 aliphatic heterocycles. The number of benzene rings is 1. The van der Waals surface area contributed by atoms with Crippen LogP contribution in [0.3, 0.4) is 0 Å². The summed E-state index contributed by atoms with van der Waals surface area (Å²) in [4.78, 5) is 35.4. The van der Waals surface area contributed by atoms with E-state index in [-0.39, 0.29) is 12.2 Å². The average Bonchev–Trinajstić information content (AvgIpc) is 2.34. The van der Waals surface area contributed by atoms with Gasteiger partial charge in [-0.3, -0.25) is 14.4 Å². The van der Waals surface area contributed by atoms with Gasteiger partial charge in [0.15, 0.2) is 5.78 Å². The number of hydrogen-bond donors (Lipinski definition) is 1. The van der Waals surface area contributed by atoms with Crippen molar-refractivity contribution in [2.75, 3.05) is 11.4 Å². The van der Waals surface area contributed by atoms with Crippen LogP contribution in [0.4, 0.5) is 5.69 Å². The normalized spacial score (nSPS) is 10.1. The molecule has 0 aliphatic rings. The molecule has 0 bridgehead atoms. The predicted octanol–water partition coefficient (Wildman–Crippen LogP) is 2.48. The van der Waals surface area contributed by atoms with Crippen LogP contribution in [-0.2, 0) is 9.59 Å². The van der Waals surface area contributed by atoms with E-state index in [1.54, 1.807) is 25.1 Å². The molecular weight excluding hydrogens is 314 g/mol. The lowest BCUT2D eigenvalue weighted by molar-refractivity contribution is -0.136. The Bertz CT molecular complexity index is 527. The summed E-state index contributed by atoms with van der Waals surface area (Å²) in [6.07, 6.45) is 0.280. The molecule has 1 aromatic carbocycles. The van der Waals surface area contributed by atoms with Crippen LogP contribution >= 0.6 is 15.9 Å². The molecule has 0 aromatic heterocycles. The lowest BCUT2D eigenvalue weighted by atomic mass is 10.1. The number of nitrogens with zero attached hydrogens (tertiary/aromatic N) is 1. The molecule has 1 N–H and O–H groups in total. The number of aliphatic carboxylic acids is 1. The lowest BCUT2D eigenvalue weighted by Gasteiger charge is -2.21. The molecule has 0 unspecified atom stereocenters. The van der Waals surface area contributed by atoms with Gasteiger partial charge in [0.2, 0.25) is 5.91 Å². The molecule has 0 saturated carbocycles. The highest BCUT2D eigenvalue weighted by molar-refractivity contribution is 9.10. The minimum Gasteiger partial charge on any atom is -0.480 e. The van der Waals surface area contributed by atoms with Gasteiger partial charge in [0.1, 0.15) is 6.54 Å². The van der Waals surface area contributed by atoms with Gasteiger partial charge in [-0.1, -0.05) is 22.9 Å². The number of Topliss-reactive ketones (excluding diaryl/α,β-unsaturated/α-hetero) is 1. The van der Waals surface area contributed by atoms with Crippen molar-refractivity contribution < 1.29 is 19.5 Å². The van der Waals surface area contributed by atoms with Crippen LogP contribution in [0.15, 0.2) is 22.7 Å².